The highest BCUT2D eigenvalue weighted by Gasteiger charge is 2.16. The highest BCUT2D eigenvalue weighted by molar-refractivity contribution is 5.89. The average Bonchev–Trinajstić information content (AvgIpc) is 2.38. The van der Waals surface area contributed by atoms with Crippen LogP contribution in [0.15, 0.2) is 18.2 Å². The van der Waals surface area contributed by atoms with E-state index in [1.165, 1.54) is 4.90 Å². The third kappa shape index (κ3) is 4.21. The van der Waals surface area contributed by atoms with Crippen molar-refractivity contribution in [2.24, 2.45) is 5.92 Å². The second kappa shape index (κ2) is 6.69. The van der Waals surface area contributed by atoms with Crippen LogP contribution in [0.3, 0.4) is 0 Å². The van der Waals surface area contributed by atoms with E-state index in [2.05, 4.69) is 5.32 Å². The van der Waals surface area contributed by atoms with Gasteiger partial charge in [0.25, 0.3) is 0 Å². The molecular weight excluding hydrogens is 252 g/mol. The van der Waals surface area contributed by atoms with Gasteiger partial charge in [-0.2, -0.15) is 5.26 Å². The van der Waals surface area contributed by atoms with E-state index >= 15 is 0 Å². The van der Waals surface area contributed by atoms with Crippen LogP contribution >= 0.6 is 0 Å². The first-order valence-electron chi connectivity index (χ1n) is 5.88. The molecule has 6 heteroatoms. The lowest BCUT2D eigenvalue weighted by atomic mass is 10.2. The predicted molar refractivity (Wildman–Crippen MR) is 67.4 cm³/mol. The quantitative estimate of drug-likeness (QED) is 0.911. The van der Waals surface area contributed by atoms with Crippen LogP contribution in [0.1, 0.15) is 13.8 Å². The van der Waals surface area contributed by atoms with E-state index < -0.39 is 17.7 Å². The van der Waals surface area contributed by atoms with E-state index in [0.29, 0.717) is 12.6 Å². The Kier molecular flexibility index (Phi) is 5.24. The van der Waals surface area contributed by atoms with E-state index in [4.69, 9.17) is 5.26 Å². The molecule has 1 aromatic rings. The van der Waals surface area contributed by atoms with Crippen LogP contribution in [0.4, 0.5) is 19.3 Å². The Balaban J connectivity index is 2.74. The number of urea groups is 1. The van der Waals surface area contributed by atoms with Gasteiger partial charge in [-0.1, -0.05) is 0 Å². The zero-order chi connectivity index (χ0) is 14.4. The van der Waals surface area contributed by atoms with E-state index in [1.54, 1.807) is 13.8 Å². The summed E-state index contributed by atoms with van der Waals surface area (Å²) in [4.78, 5) is 13.3. The average molecular weight is 267 g/mol. The Morgan fingerprint density at radius 3 is 2.74 bits per heavy atom. The lowest BCUT2D eigenvalue weighted by Gasteiger charge is -2.22. The van der Waals surface area contributed by atoms with Crippen LogP contribution < -0.4 is 5.32 Å². The second-order valence-electron chi connectivity index (χ2n) is 4.12. The Morgan fingerprint density at radius 1 is 1.53 bits per heavy atom. The molecular formula is C13H15F2N3O. The standard InChI is InChI=1S/C13H15F2N3O/c1-3-18(8-9(2)7-16)13(19)17-12-5-4-10(14)6-11(12)15/h4-6,9H,3,8H2,1-2H3,(H,17,19). The summed E-state index contributed by atoms with van der Waals surface area (Å²) in [5.74, 6) is -1.86. The Hall–Kier alpha value is -2.16. The van der Waals surface area contributed by atoms with Gasteiger partial charge in [-0.3, -0.25) is 0 Å². The summed E-state index contributed by atoms with van der Waals surface area (Å²) in [5.41, 5.74) is -0.0885. The SMILES string of the molecule is CCN(CC(C)C#N)C(=O)Nc1ccc(F)cc1F. The van der Waals surface area contributed by atoms with Crippen LogP contribution in [-0.4, -0.2) is 24.0 Å². The lowest BCUT2D eigenvalue weighted by Crippen LogP contribution is -2.37. The third-order valence-electron chi connectivity index (χ3n) is 2.56. The molecule has 1 atom stereocenters. The smallest absolute Gasteiger partial charge is 0.321 e. The lowest BCUT2D eigenvalue weighted by molar-refractivity contribution is 0.210. The maximum absolute atomic E-state index is 13.4. The monoisotopic (exact) mass is 267 g/mol. The van der Waals surface area contributed by atoms with Crippen molar-refractivity contribution in [3.63, 3.8) is 0 Å². The predicted octanol–water partition coefficient (Wildman–Crippen LogP) is 2.98. The van der Waals surface area contributed by atoms with Crippen molar-refractivity contribution in [1.29, 1.82) is 5.26 Å². The second-order valence-corrected chi connectivity index (χ2v) is 4.12. The number of hydrogen-bond donors (Lipinski definition) is 1. The number of benzene rings is 1. The Morgan fingerprint density at radius 2 is 2.21 bits per heavy atom. The summed E-state index contributed by atoms with van der Waals surface area (Å²) in [6.45, 7) is 4.08. The number of nitrogens with one attached hydrogen (secondary N) is 1. The van der Waals surface area contributed by atoms with Gasteiger partial charge >= 0.3 is 6.03 Å². The van der Waals surface area contributed by atoms with E-state index in [-0.39, 0.29) is 18.2 Å². The van der Waals surface area contributed by atoms with Crippen molar-refractivity contribution >= 4 is 11.7 Å². The number of carbonyl (C=O) groups is 1. The molecule has 0 saturated heterocycles. The zero-order valence-corrected chi connectivity index (χ0v) is 10.8. The number of nitriles is 1. The van der Waals surface area contributed by atoms with Crippen LogP contribution in [0.25, 0.3) is 0 Å². The van der Waals surface area contributed by atoms with Crippen molar-refractivity contribution < 1.29 is 13.6 Å². The number of hydrogen-bond acceptors (Lipinski definition) is 2. The summed E-state index contributed by atoms with van der Waals surface area (Å²) in [7, 11) is 0. The number of rotatable bonds is 4. The number of amides is 2. The zero-order valence-electron chi connectivity index (χ0n) is 10.8. The van der Waals surface area contributed by atoms with Crippen LogP contribution in [0.2, 0.25) is 0 Å². The van der Waals surface area contributed by atoms with Gasteiger partial charge in [0.1, 0.15) is 11.6 Å². The topological polar surface area (TPSA) is 56.1 Å². The van der Waals surface area contributed by atoms with Gasteiger partial charge in [-0.05, 0) is 26.0 Å². The molecule has 4 nitrogen and oxygen atoms in total. The first-order chi connectivity index (χ1) is 8.97. The molecule has 0 aliphatic heterocycles. The molecule has 0 fully saturated rings. The van der Waals surface area contributed by atoms with Crippen molar-refractivity contribution in [3.05, 3.63) is 29.8 Å². The highest BCUT2D eigenvalue weighted by Crippen LogP contribution is 2.15. The number of carbonyl (C=O) groups excluding carboxylic acids is 1. The first kappa shape index (κ1) is 14.9. The van der Waals surface area contributed by atoms with Crippen molar-refractivity contribution in [3.8, 4) is 6.07 Å². The largest absolute Gasteiger partial charge is 0.324 e. The molecule has 102 valence electrons. The van der Waals surface area contributed by atoms with Gasteiger partial charge in [0, 0.05) is 19.2 Å². The molecule has 1 rings (SSSR count). The molecule has 0 spiro atoms. The van der Waals surface area contributed by atoms with Crippen molar-refractivity contribution in [2.45, 2.75) is 13.8 Å². The van der Waals surface area contributed by atoms with E-state index in [1.807, 2.05) is 6.07 Å². The minimum absolute atomic E-state index is 0.0885. The summed E-state index contributed by atoms with van der Waals surface area (Å²) in [5, 5.41) is 11.1. The molecule has 0 radical (unpaired) electrons. The summed E-state index contributed by atoms with van der Waals surface area (Å²) < 4.78 is 26.1. The maximum atomic E-state index is 13.4. The molecule has 1 N–H and O–H groups in total. The minimum atomic E-state index is -0.835. The summed E-state index contributed by atoms with van der Waals surface area (Å²) >= 11 is 0. The summed E-state index contributed by atoms with van der Waals surface area (Å²) in [6, 6.07) is 4.42. The van der Waals surface area contributed by atoms with Gasteiger partial charge in [0.2, 0.25) is 0 Å². The molecule has 0 heterocycles. The normalized spacial score (nSPS) is 11.5. The molecule has 0 aromatic heterocycles. The minimum Gasteiger partial charge on any atom is -0.324 e. The van der Waals surface area contributed by atoms with Gasteiger partial charge in [0.15, 0.2) is 0 Å². The molecule has 2 amide bonds. The van der Waals surface area contributed by atoms with Crippen LogP contribution in [0.5, 0.6) is 0 Å². The molecule has 1 unspecified atom stereocenters. The molecule has 0 aliphatic carbocycles. The fourth-order valence-corrected chi connectivity index (χ4v) is 1.51. The van der Waals surface area contributed by atoms with Gasteiger partial charge in [0.05, 0.1) is 17.7 Å². The van der Waals surface area contributed by atoms with Crippen molar-refractivity contribution in [1.82, 2.24) is 4.90 Å². The van der Waals surface area contributed by atoms with Gasteiger partial charge in [-0.25, -0.2) is 13.6 Å². The fraction of sp³-hybridized carbons (Fsp3) is 0.385. The molecule has 0 bridgehead atoms. The number of anilines is 1. The van der Waals surface area contributed by atoms with E-state index in [0.717, 1.165) is 12.1 Å². The Labute approximate surface area is 110 Å². The molecule has 0 aliphatic rings. The molecule has 19 heavy (non-hydrogen) atoms. The highest BCUT2D eigenvalue weighted by atomic mass is 19.1. The van der Waals surface area contributed by atoms with E-state index in [9.17, 15) is 13.6 Å². The molecule has 0 saturated carbocycles. The summed E-state index contributed by atoms with van der Waals surface area (Å²) in [6.07, 6.45) is 0. The van der Waals surface area contributed by atoms with Gasteiger partial charge < -0.3 is 10.2 Å². The first-order valence-corrected chi connectivity index (χ1v) is 5.88. The third-order valence-corrected chi connectivity index (χ3v) is 2.56. The Bertz CT molecular complexity index is 499. The number of halogens is 2. The van der Waals surface area contributed by atoms with Crippen molar-refractivity contribution in [2.75, 3.05) is 18.4 Å². The number of nitrogens with zero attached hydrogens (tertiary/aromatic N) is 2. The van der Waals surface area contributed by atoms with Gasteiger partial charge in [-0.15, -0.1) is 0 Å². The van der Waals surface area contributed by atoms with Crippen LogP contribution in [-0.2, 0) is 0 Å². The fourth-order valence-electron chi connectivity index (χ4n) is 1.51. The molecule has 1 aromatic carbocycles. The van der Waals surface area contributed by atoms with Crippen LogP contribution in [0, 0.1) is 28.9 Å². The maximum Gasteiger partial charge on any atom is 0.321 e.